The SMILES string of the molecule is CCOCC(=O)N1CC[C@]23c4c5cccc4OC2[C@H](O)CC[C@H]3[C@H]1C5. The summed E-state index contributed by atoms with van der Waals surface area (Å²) < 4.78 is 11.7. The van der Waals surface area contributed by atoms with E-state index in [1.54, 1.807) is 0 Å². The Bertz CT molecular complexity index is 720. The predicted octanol–water partition coefficient (Wildman–Crippen LogP) is 1.65. The molecule has 25 heavy (non-hydrogen) atoms. The van der Waals surface area contributed by atoms with Gasteiger partial charge in [-0.2, -0.15) is 0 Å². The molecule has 1 aromatic rings. The summed E-state index contributed by atoms with van der Waals surface area (Å²) in [5, 5.41) is 10.7. The third-order valence-corrected chi connectivity index (χ3v) is 6.93. The van der Waals surface area contributed by atoms with Gasteiger partial charge >= 0.3 is 0 Å². The van der Waals surface area contributed by atoms with Crippen molar-refractivity contribution in [1.82, 2.24) is 4.90 Å². The number of likely N-dealkylation sites (tertiary alicyclic amines) is 1. The van der Waals surface area contributed by atoms with E-state index in [-0.39, 0.29) is 30.1 Å². The standard InChI is InChI=1S/C20H25NO4/c1-2-24-11-17(23)21-9-8-20-13-6-7-15(22)19(20)25-16-5-3-4-12(18(16)20)10-14(13)21/h3-5,13-15,19,22H,2,6-11H2,1H3/t13-,14+,15+,19?,20-/m0/s1. The van der Waals surface area contributed by atoms with E-state index in [1.165, 1.54) is 11.1 Å². The van der Waals surface area contributed by atoms with Crippen LogP contribution in [0.25, 0.3) is 0 Å². The summed E-state index contributed by atoms with van der Waals surface area (Å²) >= 11 is 0. The van der Waals surface area contributed by atoms with E-state index in [9.17, 15) is 9.90 Å². The van der Waals surface area contributed by atoms with Crippen molar-refractivity contribution in [3.8, 4) is 5.75 Å². The Morgan fingerprint density at radius 1 is 1.44 bits per heavy atom. The van der Waals surface area contributed by atoms with Gasteiger partial charge in [0.15, 0.2) is 0 Å². The topological polar surface area (TPSA) is 59.0 Å². The molecular weight excluding hydrogens is 318 g/mol. The van der Waals surface area contributed by atoms with Gasteiger partial charge in [0.05, 0.1) is 6.10 Å². The molecule has 0 aromatic heterocycles. The maximum absolute atomic E-state index is 12.7. The van der Waals surface area contributed by atoms with Crippen LogP contribution in [0, 0.1) is 5.92 Å². The van der Waals surface area contributed by atoms with Crippen LogP contribution in [0.1, 0.15) is 37.3 Å². The highest BCUT2D eigenvalue weighted by Crippen LogP contribution is 2.62. The lowest BCUT2D eigenvalue weighted by atomic mass is 9.51. The third kappa shape index (κ3) is 1.94. The average Bonchev–Trinajstić information content (AvgIpc) is 2.95. The normalized spacial score (nSPS) is 37.4. The highest BCUT2D eigenvalue weighted by atomic mass is 16.5. The number of nitrogens with zero attached hydrogens (tertiary/aromatic N) is 1. The number of rotatable bonds is 3. The zero-order chi connectivity index (χ0) is 17.2. The van der Waals surface area contributed by atoms with Crippen molar-refractivity contribution < 1.29 is 19.4 Å². The van der Waals surface area contributed by atoms with Gasteiger partial charge in [-0.3, -0.25) is 4.79 Å². The maximum Gasteiger partial charge on any atom is 0.248 e. The van der Waals surface area contributed by atoms with Crippen molar-refractivity contribution in [3.05, 3.63) is 29.3 Å². The van der Waals surface area contributed by atoms with Crippen molar-refractivity contribution in [3.63, 3.8) is 0 Å². The molecule has 4 aliphatic rings. The smallest absolute Gasteiger partial charge is 0.248 e. The average molecular weight is 343 g/mol. The number of benzene rings is 1. The minimum absolute atomic E-state index is 0.0999. The number of ether oxygens (including phenoxy) is 2. The van der Waals surface area contributed by atoms with Gasteiger partial charge in [0.25, 0.3) is 0 Å². The van der Waals surface area contributed by atoms with Crippen LogP contribution in [0.5, 0.6) is 5.75 Å². The Morgan fingerprint density at radius 3 is 3.16 bits per heavy atom. The molecule has 1 spiro atoms. The molecule has 1 saturated heterocycles. The van der Waals surface area contributed by atoms with Gasteiger partial charge in [-0.1, -0.05) is 12.1 Å². The molecule has 2 aliphatic heterocycles. The number of hydrogen-bond donors (Lipinski definition) is 1. The Morgan fingerprint density at radius 2 is 2.32 bits per heavy atom. The number of amides is 1. The van der Waals surface area contributed by atoms with Crippen molar-refractivity contribution in [2.45, 2.75) is 56.3 Å². The van der Waals surface area contributed by atoms with E-state index >= 15 is 0 Å². The molecule has 5 nitrogen and oxygen atoms in total. The molecule has 134 valence electrons. The van der Waals surface area contributed by atoms with Crippen LogP contribution in [0.2, 0.25) is 0 Å². The molecule has 0 radical (unpaired) electrons. The second-order valence-corrected chi connectivity index (χ2v) is 7.87. The molecule has 1 N–H and O–H groups in total. The first-order valence-electron chi connectivity index (χ1n) is 9.51. The van der Waals surface area contributed by atoms with Gasteiger partial charge in [0, 0.05) is 30.2 Å². The minimum atomic E-state index is -0.416. The van der Waals surface area contributed by atoms with E-state index in [0.717, 1.165) is 38.0 Å². The first-order chi connectivity index (χ1) is 12.2. The monoisotopic (exact) mass is 343 g/mol. The quantitative estimate of drug-likeness (QED) is 0.907. The Hall–Kier alpha value is -1.59. The van der Waals surface area contributed by atoms with Crippen LogP contribution in [0.4, 0.5) is 0 Å². The highest BCUT2D eigenvalue weighted by molar-refractivity contribution is 5.78. The van der Waals surface area contributed by atoms with Crippen LogP contribution in [0.3, 0.4) is 0 Å². The summed E-state index contributed by atoms with van der Waals surface area (Å²) in [6, 6.07) is 6.45. The third-order valence-electron chi connectivity index (χ3n) is 6.93. The molecule has 2 heterocycles. The number of hydrogen-bond acceptors (Lipinski definition) is 4. The highest BCUT2D eigenvalue weighted by Gasteiger charge is 2.65. The molecule has 1 amide bonds. The van der Waals surface area contributed by atoms with Crippen LogP contribution >= 0.6 is 0 Å². The Labute approximate surface area is 147 Å². The molecule has 1 saturated carbocycles. The number of aliphatic hydroxyl groups excluding tert-OH is 1. The van der Waals surface area contributed by atoms with Gasteiger partial charge in [0.2, 0.25) is 5.91 Å². The molecule has 1 unspecified atom stereocenters. The number of carbonyl (C=O) groups is 1. The fourth-order valence-electron chi connectivity index (χ4n) is 6.07. The largest absolute Gasteiger partial charge is 0.486 e. The van der Waals surface area contributed by atoms with Gasteiger partial charge in [-0.05, 0) is 50.2 Å². The minimum Gasteiger partial charge on any atom is -0.486 e. The molecule has 5 rings (SSSR count). The van der Waals surface area contributed by atoms with E-state index in [0.29, 0.717) is 12.5 Å². The number of carbonyl (C=O) groups excluding carboxylic acids is 1. The van der Waals surface area contributed by atoms with Crippen LogP contribution in [0.15, 0.2) is 18.2 Å². The fraction of sp³-hybridized carbons (Fsp3) is 0.650. The van der Waals surface area contributed by atoms with Gasteiger partial charge in [-0.25, -0.2) is 0 Å². The van der Waals surface area contributed by atoms with Crippen molar-refractivity contribution in [1.29, 1.82) is 0 Å². The second kappa shape index (κ2) is 5.45. The second-order valence-electron chi connectivity index (χ2n) is 7.87. The lowest BCUT2D eigenvalue weighted by molar-refractivity contribution is -0.151. The van der Waals surface area contributed by atoms with E-state index in [4.69, 9.17) is 9.47 Å². The first-order valence-corrected chi connectivity index (χ1v) is 9.51. The molecule has 2 aliphatic carbocycles. The summed E-state index contributed by atoms with van der Waals surface area (Å²) in [4.78, 5) is 14.8. The lowest BCUT2D eigenvalue weighted by Gasteiger charge is -2.58. The number of aliphatic hydroxyl groups is 1. The Balaban J connectivity index is 1.59. The summed E-state index contributed by atoms with van der Waals surface area (Å²) in [6.07, 6.45) is 2.90. The zero-order valence-corrected chi connectivity index (χ0v) is 14.6. The molecule has 1 aromatic carbocycles. The van der Waals surface area contributed by atoms with Gasteiger partial charge in [0.1, 0.15) is 18.5 Å². The number of piperidine rings is 1. The summed E-state index contributed by atoms with van der Waals surface area (Å²) in [7, 11) is 0. The van der Waals surface area contributed by atoms with Crippen LogP contribution < -0.4 is 4.74 Å². The summed E-state index contributed by atoms with van der Waals surface area (Å²) in [5.74, 6) is 1.43. The molecule has 2 fully saturated rings. The fourth-order valence-corrected chi connectivity index (χ4v) is 6.07. The van der Waals surface area contributed by atoms with Gasteiger partial charge < -0.3 is 19.5 Å². The lowest BCUT2D eigenvalue weighted by Crippen LogP contribution is -2.67. The summed E-state index contributed by atoms with van der Waals surface area (Å²) in [6.45, 7) is 3.38. The zero-order valence-electron chi connectivity index (χ0n) is 14.6. The van der Waals surface area contributed by atoms with Crippen molar-refractivity contribution in [2.75, 3.05) is 19.8 Å². The molecule has 5 atom stereocenters. The predicted molar refractivity (Wildman–Crippen MR) is 91.6 cm³/mol. The first kappa shape index (κ1) is 15.6. The Kier molecular flexibility index (Phi) is 3.41. The van der Waals surface area contributed by atoms with Crippen molar-refractivity contribution in [2.24, 2.45) is 5.92 Å². The van der Waals surface area contributed by atoms with E-state index in [1.807, 2.05) is 24.0 Å². The van der Waals surface area contributed by atoms with Crippen LogP contribution in [-0.2, 0) is 21.4 Å². The van der Waals surface area contributed by atoms with Gasteiger partial charge in [-0.15, -0.1) is 0 Å². The molecule has 5 heteroatoms. The summed E-state index contributed by atoms with van der Waals surface area (Å²) in [5.41, 5.74) is 2.51. The van der Waals surface area contributed by atoms with E-state index in [2.05, 4.69) is 6.07 Å². The molecule has 2 bridgehead atoms. The molecular formula is C20H25NO4. The van der Waals surface area contributed by atoms with E-state index < -0.39 is 6.10 Å². The van der Waals surface area contributed by atoms with Crippen molar-refractivity contribution >= 4 is 5.91 Å². The van der Waals surface area contributed by atoms with Crippen LogP contribution in [-0.4, -0.2) is 53.9 Å². The maximum atomic E-state index is 12.7.